The lowest BCUT2D eigenvalue weighted by Crippen LogP contribution is -2.02. The average Bonchev–Trinajstić information content (AvgIpc) is 2.09. The van der Waals surface area contributed by atoms with Gasteiger partial charge < -0.3 is 5.11 Å². The van der Waals surface area contributed by atoms with Crippen molar-refractivity contribution in [3.8, 4) is 5.75 Å². The second-order valence-electron chi connectivity index (χ2n) is 4.79. The monoisotopic (exact) mass is 212 g/mol. The molecule has 0 heterocycles. The van der Waals surface area contributed by atoms with Crippen LogP contribution in [0.15, 0.2) is 24.3 Å². The predicted molar refractivity (Wildman–Crippen MR) is 62.4 cm³/mol. The number of benzene rings is 1. The van der Waals surface area contributed by atoms with Gasteiger partial charge in [0.15, 0.2) is 0 Å². The van der Waals surface area contributed by atoms with E-state index in [0.29, 0.717) is 5.41 Å². The average molecular weight is 212 g/mol. The number of phenolic OH excluding ortho intramolecular Hbond substituents is 1. The molecule has 1 aromatic carbocycles. The van der Waals surface area contributed by atoms with Crippen LogP contribution in [0, 0.1) is 11.2 Å². The molecule has 0 saturated heterocycles. The SMILES string of the molecule is CCCC(C)(C)C.Oc1ccc(F)cc1. The third kappa shape index (κ3) is 9.26. The van der Waals surface area contributed by atoms with Crippen LogP contribution in [-0.2, 0) is 0 Å². The van der Waals surface area contributed by atoms with Crippen LogP contribution in [0.1, 0.15) is 40.5 Å². The second-order valence-corrected chi connectivity index (χ2v) is 4.79. The molecule has 1 rings (SSSR count). The zero-order valence-electron chi connectivity index (χ0n) is 10.0. The van der Waals surface area contributed by atoms with E-state index in [4.69, 9.17) is 5.11 Å². The minimum Gasteiger partial charge on any atom is -0.508 e. The molecular weight excluding hydrogens is 191 g/mol. The minimum atomic E-state index is -0.331. The Bertz CT molecular complexity index is 238. The zero-order chi connectivity index (χ0) is 11.9. The van der Waals surface area contributed by atoms with E-state index in [1.54, 1.807) is 0 Å². The summed E-state index contributed by atoms with van der Waals surface area (Å²) >= 11 is 0. The highest BCUT2D eigenvalue weighted by molar-refractivity contribution is 5.19. The maximum atomic E-state index is 12.0. The molecule has 0 aliphatic heterocycles. The Morgan fingerprint density at radius 2 is 1.60 bits per heavy atom. The van der Waals surface area contributed by atoms with Crippen molar-refractivity contribution in [3.63, 3.8) is 0 Å². The number of hydrogen-bond acceptors (Lipinski definition) is 1. The predicted octanol–water partition coefficient (Wildman–Crippen LogP) is 4.36. The molecule has 1 N–H and O–H groups in total. The van der Waals surface area contributed by atoms with Crippen molar-refractivity contribution in [2.75, 3.05) is 0 Å². The van der Waals surface area contributed by atoms with E-state index in [-0.39, 0.29) is 11.6 Å². The lowest BCUT2D eigenvalue weighted by atomic mass is 9.91. The molecule has 0 unspecified atom stereocenters. The first-order chi connectivity index (χ1) is 6.85. The van der Waals surface area contributed by atoms with Crippen molar-refractivity contribution in [1.29, 1.82) is 0 Å². The molecule has 0 amide bonds. The van der Waals surface area contributed by atoms with Gasteiger partial charge in [-0.2, -0.15) is 0 Å². The maximum Gasteiger partial charge on any atom is 0.123 e. The summed E-state index contributed by atoms with van der Waals surface area (Å²) in [7, 11) is 0. The van der Waals surface area contributed by atoms with Crippen molar-refractivity contribution in [1.82, 2.24) is 0 Å². The number of hydrogen-bond donors (Lipinski definition) is 1. The molecule has 0 aliphatic carbocycles. The van der Waals surface area contributed by atoms with Crippen LogP contribution < -0.4 is 0 Å². The van der Waals surface area contributed by atoms with Gasteiger partial charge in [0.25, 0.3) is 0 Å². The summed E-state index contributed by atoms with van der Waals surface area (Å²) in [6, 6.07) is 5.01. The molecule has 1 nitrogen and oxygen atoms in total. The van der Waals surface area contributed by atoms with E-state index in [1.807, 2.05) is 0 Å². The summed E-state index contributed by atoms with van der Waals surface area (Å²) in [6.07, 6.45) is 2.65. The molecule has 0 atom stereocenters. The Balaban J connectivity index is 0.000000265. The number of rotatable bonds is 1. The van der Waals surface area contributed by atoms with Gasteiger partial charge in [-0.3, -0.25) is 0 Å². The largest absolute Gasteiger partial charge is 0.508 e. The Kier molecular flexibility index (Phi) is 5.99. The lowest BCUT2D eigenvalue weighted by molar-refractivity contribution is 0.373. The van der Waals surface area contributed by atoms with Crippen LogP contribution in [0.2, 0.25) is 0 Å². The van der Waals surface area contributed by atoms with Crippen molar-refractivity contribution < 1.29 is 9.50 Å². The topological polar surface area (TPSA) is 20.2 Å². The molecule has 0 aromatic heterocycles. The summed E-state index contributed by atoms with van der Waals surface area (Å²) in [5, 5.41) is 8.59. The summed E-state index contributed by atoms with van der Waals surface area (Å²) in [5.74, 6) is -0.241. The summed E-state index contributed by atoms with van der Waals surface area (Å²) < 4.78 is 12.0. The van der Waals surface area contributed by atoms with Crippen LogP contribution in [-0.4, -0.2) is 5.11 Å². The van der Waals surface area contributed by atoms with Gasteiger partial charge in [-0.1, -0.05) is 34.1 Å². The Morgan fingerprint density at radius 3 is 1.80 bits per heavy atom. The van der Waals surface area contributed by atoms with Gasteiger partial charge in [0.05, 0.1) is 0 Å². The van der Waals surface area contributed by atoms with Crippen LogP contribution in [0.5, 0.6) is 5.75 Å². The van der Waals surface area contributed by atoms with Crippen molar-refractivity contribution in [3.05, 3.63) is 30.1 Å². The Labute approximate surface area is 92.0 Å². The van der Waals surface area contributed by atoms with Gasteiger partial charge in [-0.15, -0.1) is 0 Å². The molecule has 0 saturated carbocycles. The number of halogens is 1. The molecule has 0 bridgehead atoms. The van der Waals surface area contributed by atoms with E-state index >= 15 is 0 Å². The minimum absolute atomic E-state index is 0.0893. The molecule has 0 aliphatic rings. The van der Waals surface area contributed by atoms with Crippen LogP contribution in [0.4, 0.5) is 4.39 Å². The highest BCUT2D eigenvalue weighted by Gasteiger charge is 2.06. The molecule has 86 valence electrons. The van der Waals surface area contributed by atoms with Gasteiger partial charge in [-0.05, 0) is 36.1 Å². The molecule has 0 radical (unpaired) electrons. The van der Waals surface area contributed by atoms with E-state index in [9.17, 15) is 4.39 Å². The first-order valence-electron chi connectivity index (χ1n) is 5.29. The normalized spacial score (nSPS) is 10.5. The highest BCUT2D eigenvalue weighted by Crippen LogP contribution is 2.19. The maximum absolute atomic E-state index is 12.0. The first kappa shape index (κ1) is 13.9. The van der Waals surface area contributed by atoms with Gasteiger partial charge in [-0.25, -0.2) is 4.39 Å². The molecule has 0 spiro atoms. The van der Waals surface area contributed by atoms with Gasteiger partial charge >= 0.3 is 0 Å². The number of phenols is 1. The van der Waals surface area contributed by atoms with E-state index in [0.717, 1.165) is 0 Å². The molecule has 2 heteroatoms. The van der Waals surface area contributed by atoms with Gasteiger partial charge in [0.2, 0.25) is 0 Å². The fourth-order valence-corrected chi connectivity index (χ4v) is 1.19. The molecule has 15 heavy (non-hydrogen) atoms. The lowest BCUT2D eigenvalue weighted by Gasteiger charge is -2.15. The first-order valence-corrected chi connectivity index (χ1v) is 5.29. The summed E-state index contributed by atoms with van der Waals surface area (Å²) in [5.41, 5.74) is 0.550. The standard InChI is InChI=1S/C7H16.C6H5FO/c1-5-6-7(2,3)4;7-5-1-3-6(8)4-2-5/h5-6H2,1-4H3;1-4,8H. The number of aromatic hydroxyl groups is 1. The summed E-state index contributed by atoms with van der Waals surface area (Å²) in [4.78, 5) is 0. The quantitative estimate of drug-likeness (QED) is 0.733. The Morgan fingerprint density at radius 1 is 1.13 bits per heavy atom. The van der Waals surface area contributed by atoms with Gasteiger partial charge in [0.1, 0.15) is 11.6 Å². The van der Waals surface area contributed by atoms with Crippen molar-refractivity contribution >= 4 is 0 Å². The van der Waals surface area contributed by atoms with Gasteiger partial charge in [0, 0.05) is 0 Å². The molecule has 1 aromatic rings. The van der Waals surface area contributed by atoms with E-state index < -0.39 is 0 Å². The summed E-state index contributed by atoms with van der Waals surface area (Å²) in [6.45, 7) is 9.05. The smallest absolute Gasteiger partial charge is 0.123 e. The molecule has 0 fully saturated rings. The van der Waals surface area contributed by atoms with Crippen LogP contribution in [0.3, 0.4) is 0 Å². The van der Waals surface area contributed by atoms with Crippen LogP contribution in [0.25, 0.3) is 0 Å². The fourth-order valence-electron chi connectivity index (χ4n) is 1.19. The highest BCUT2D eigenvalue weighted by atomic mass is 19.1. The second kappa shape index (κ2) is 6.44. The van der Waals surface area contributed by atoms with Crippen molar-refractivity contribution in [2.45, 2.75) is 40.5 Å². The zero-order valence-corrected chi connectivity index (χ0v) is 10.0. The molecular formula is C13H21FO. The Hall–Kier alpha value is -1.05. The fraction of sp³-hybridized carbons (Fsp3) is 0.538. The van der Waals surface area contributed by atoms with E-state index in [2.05, 4.69) is 27.7 Å². The third-order valence-corrected chi connectivity index (χ3v) is 1.83. The van der Waals surface area contributed by atoms with Crippen LogP contribution >= 0.6 is 0 Å². The third-order valence-electron chi connectivity index (χ3n) is 1.83. The van der Waals surface area contributed by atoms with Crippen molar-refractivity contribution in [2.24, 2.45) is 5.41 Å². The van der Waals surface area contributed by atoms with E-state index in [1.165, 1.54) is 37.1 Å².